The van der Waals surface area contributed by atoms with Gasteiger partial charge in [-0.3, -0.25) is 9.59 Å². The Hall–Kier alpha value is -2.99. The van der Waals surface area contributed by atoms with E-state index in [0.29, 0.717) is 15.7 Å². The van der Waals surface area contributed by atoms with Crippen LogP contribution in [0.3, 0.4) is 0 Å². The molecule has 3 aromatic carbocycles. The van der Waals surface area contributed by atoms with Gasteiger partial charge in [0.1, 0.15) is 0 Å². The summed E-state index contributed by atoms with van der Waals surface area (Å²) < 4.78 is 15.7. The number of nitrogens with zero attached hydrogens (tertiary/aromatic N) is 1. The first-order valence-corrected chi connectivity index (χ1v) is 8.96. The summed E-state index contributed by atoms with van der Waals surface area (Å²) >= 11 is 3.34. The van der Waals surface area contributed by atoms with E-state index >= 15 is 0 Å². The maximum absolute atomic E-state index is 15.0. The normalized spacial score (nSPS) is 10.3. The van der Waals surface area contributed by atoms with E-state index in [1.165, 1.54) is 24.1 Å². The third-order valence-electron chi connectivity index (χ3n) is 4.03. The molecule has 4 nitrogen and oxygen atoms in total. The van der Waals surface area contributed by atoms with Gasteiger partial charge < -0.3 is 10.2 Å². The van der Waals surface area contributed by atoms with Crippen molar-refractivity contribution < 1.29 is 14.0 Å². The number of halogens is 2. The number of amides is 2. The van der Waals surface area contributed by atoms with Crippen LogP contribution in [0.1, 0.15) is 20.7 Å². The van der Waals surface area contributed by atoms with Crippen molar-refractivity contribution in [3.05, 3.63) is 94.2 Å². The topological polar surface area (TPSA) is 49.4 Å². The Morgan fingerprint density at radius 2 is 1.59 bits per heavy atom. The zero-order valence-electron chi connectivity index (χ0n) is 14.4. The minimum absolute atomic E-state index is 0.0311. The molecule has 1 N–H and O–H groups in total. The first-order valence-electron chi connectivity index (χ1n) is 8.16. The quantitative estimate of drug-likeness (QED) is 0.629. The second-order valence-electron chi connectivity index (χ2n) is 5.80. The molecule has 0 saturated heterocycles. The molecule has 0 aliphatic rings. The Kier molecular flexibility index (Phi) is 5.66. The van der Waals surface area contributed by atoms with Crippen molar-refractivity contribution in [3.8, 4) is 0 Å². The van der Waals surface area contributed by atoms with E-state index in [-0.39, 0.29) is 17.2 Å². The smallest absolute Gasteiger partial charge is 0.258 e. The Morgan fingerprint density at radius 1 is 0.926 bits per heavy atom. The molecule has 0 saturated carbocycles. The number of carbonyl (C=O) groups is 2. The molecule has 0 spiro atoms. The van der Waals surface area contributed by atoms with E-state index in [1.54, 1.807) is 54.6 Å². The Labute approximate surface area is 164 Å². The number of para-hydroxylation sites is 1. The van der Waals surface area contributed by atoms with Crippen LogP contribution in [0.2, 0.25) is 0 Å². The summed E-state index contributed by atoms with van der Waals surface area (Å²) in [6.07, 6.45) is 0. The molecule has 0 aliphatic carbocycles. The summed E-state index contributed by atoms with van der Waals surface area (Å²) in [7, 11) is 1.48. The lowest BCUT2D eigenvalue weighted by Crippen LogP contribution is -2.28. The summed E-state index contributed by atoms with van der Waals surface area (Å²) in [6, 6.07) is 20.0. The maximum Gasteiger partial charge on any atom is 0.258 e. The highest BCUT2D eigenvalue weighted by Crippen LogP contribution is 2.26. The molecule has 2 amide bonds. The maximum atomic E-state index is 15.0. The van der Waals surface area contributed by atoms with Gasteiger partial charge in [0.15, 0.2) is 5.82 Å². The van der Waals surface area contributed by atoms with Gasteiger partial charge in [-0.05, 0) is 52.3 Å². The fraction of sp³-hybridized carbons (Fsp3) is 0.0476. The molecule has 27 heavy (non-hydrogen) atoms. The van der Waals surface area contributed by atoms with E-state index in [1.807, 2.05) is 6.07 Å². The summed E-state index contributed by atoms with van der Waals surface area (Å²) in [5.41, 5.74) is 0.850. The van der Waals surface area contributed by atoms with Crippen LogP contribution < -0.4 is 10.2 Å². The number of hydrogen-bond donors (Lipinski definition) is 1. The molecular formula is C21H16BrFN2O2. The molecule has 0 radical (unpaired) electrons. The average Bonchev–Trinajstić information content (AvgIpc) is 2.69. The SMILES string of the molecule is CN(C(=O)c1ccccc1)c1cccc(C(=O)Nc2ccccc2Br)c1F. The fourth-order valence-electron chi connectivity index (χ4n) is 2.59. The van der Waals surface area contributed by atoms with E-state index in [9.17, 15) is 14.0 Å². The molecule has 0 atom stereocenters. The summed E-state index contributed by atoms with van der Waals surface area (Å²) in [4.78, 5) is 26.3. The van der Waals surface area contributed by atoms with Crippen molar-refractivity contribution in [1.29, 1.82) is 0 Å². The second-order valence-corrected chi connectivity index (χ2v) is 6.66. The van der Waals surface area contributed by atoms with Crippen molar-refractivity contribution in [2.24, 2.45) is 0 Å². The van der Waals surface area contributed by atoms with Gasteiger partial charge in [0, 0.05) is 17.1 Å². The van der Waals surface area contributed by atoms with Crippen LogP contribution in [0.5, 0.6) is 0 Å². The van der Waals surface area contributed by atoms with E-state index in [0.717, 1.165) is 0 Å². The summed E-state index contributed by atoms with van der Waals surface area (Å²) in [5, 5.41) is 2.67. The van der Waals surface area contributed by atoms with Crippen molar-refractivity contribution in [3.63, 3.8) is 0 Å². The molecule has 0 aliphatic heterocycles. The minimum atomic E-state index is -0.756. The monoisotopic (exact) mass is 426 g/mol. The Morgan fingerprint density at radius 3 is 2.30 bits per heavy atom. The van der Waals surface area contributed by atoms with Crippen molar-refractivity contribution >= 4 is 39.1 Å². The lowest BCUT2D eigenvalue weighted by molar-refractivity contribution is 0.0987. The molecule has 3 aromatic rings. The average molecular weight is 427 g/mol. The predicted octanol–water partition coefficient (Wildman–Crippen LogP) is 5.12. The molecule has 0 unspecified atom stereocenters. The number of anilines is 2. The molecule has 136 valence electrons. The van der Waals surface area contributed by atoms with Crippen molar-refractivity contribution in [2.45, 2.75) is 0 Å². The van der Waals surface area contributed by atoms with Gasteiger partial charge in [0.25, 0.3) is 11.8 Å². The van der Waals surface area contributed by atoms with E-state index < -0.39 is 11.7 Å². The second kappa shape index (κ2) is 8.14. The highest BCUT2D eigenvalue weighted by atomic mass is 79.9. The van der Waals surface area contributed by atoms with E-state index in [4.69, 9.17) is 0 Å². The standard InChI is InChI=1S/C21H16BrFN2O2/c1-25(21(27)14-8-3-2-4-9-14)18-13-7-10-15(19(18)23)20(26)24-17-12-6-5-11-16(17)22/h2-13H,1H3,(H,24,26). The first kappa shape index (κ1) is 18.8. The van der Waals surface area contributed by atoms with Gasteiger partial charge in [-0.2, -0.15) is 0 Å². The highest BCUT2D eigenvalue weighted by Gasteiger charge is 2.21. The number of nitrogens with one attached hydrogen (secondary N) is 1. The van der Waals surface area contributed by atoms with Crippen LogP contribution in [-0.4, -0.2) is 18.9 Å². The van der Waals surface area contributed by atoms with Gasteiger partial charge in [-0.25, -0.2) is 4.39 Å². The Balaban J connectivity index is 1.88. The zero-order valence-corrected chi connectivity index (χ0v) is 16.0. The van der Waals surface area contributed by atoms with Crippen molar-refractivity contribution in [2.75, 3.05) is 17.3 Å². The molecule has 0 bridgehead atoms. The fourth-order valence-corrected chi connectivity index (χ4v) is 2.97. The molecule has 0 fully saturated rings. The van der Waals surface area contributed by atoms with Crippen LogP contribution in [-0.2, 0) is 0 Å². The molecule has 6 heteroatoms. The van der Waals surface area contributed by atoms with Gasteiger partial charge in [0.2, 0.25) is 0 Å². The van der Waals surface area contributed by atoms with Crippen LogP contribution in [0, 0.1) is 5.82 Å². The zero-order chi connectivity index (χ0) is 19.4. The van der Waals surface area contributed by atoms with Crippen molar-refractivity contribution in [1.82, 2.24) is 0 Å². The number of hydrogen-bond acceptors (Lipinski definition) is 2. The summed E-state index contributed by atoms with van der Waals surface area (Å²) in [6.45, 7) is 0. The van der Waals surface area contributed by atoms with Crippen LogP contribution in [0.15, 0.2) is 77.3 Å². The predicted molar refractivity (Wildman–Crippen MR) is 108 cm³/mol. The lowest BCUT2D eigenvalue weighted by Gasteiger charge is -2.19. The lowest BCUT2D eigenvalue weighted by atomic mass is 10.1. The Bertz CT molecular complexity index is 992. The van der Waals surface area contributed by atoms with Gasteiger partial charge in [0.05, 0.1) is 16.9 Å². The first-order chi connectivity index (χ1) is 13.0. The van der Waals surface area contributed by atoms with Crippen LogP contribution in [0.4, 0.5) is 15.8 Å². The number of carbonyl (C=O) groups excluding carboxylic acids is 2. The van der Waals surface area contributed by atoms with Crippen LogP contribution in [0.25, 0.3) is 0 Å². The highest BCUT2D eigenvalue weighted by molar-refractivity contribution is 9.10. The van der Waals surface area contributed by atoms with Gasteiger partial charge in [-0.1, -0.05) is 36.4 Å². The van der Waals surface area contributed by atoms with Gasteiger partial charge >= 0.3 is 0 Å². The number of rotatable bonds is 4. The molecule has 0 heterocycles. The van der Waals surface area contributed by atoms with E-state index in [2.05, 4.69) is 21.2 Å². The largest absolute Gasteiger partial charge is 0.321 e. The van der Waals surface area contributed by atoms with Gasteiger partial charge in [-0.15, -0.1) is 0 Å². The molecular weight excluding hydrogens is 411 g/mol. The molecule has 3 rings (SSSR count). The third-order valence-corrected chi connectivity index (χ3v) is 4.72. The minimum Gasteiger partial charge on any atom is -0.321 e. The molecule has 0 aromatic heterocycles. The summed E-state index contributed by atoms with van der Waals surface area (Å²) in [5.74, 6) is -1.71. The number of benzene rings is 3. The third kappa shape index (κ3) is 4.06. The van der Waals surface area contributed by atoms with Crippen LogP contribution >= 0.6 is 15.9 Å².